The molecule has 0 aliphatic rings. The molecular weight excluding hydrogens is 188 g/mol. The Morgan fingerprint density at radius 3 is 2.93 bits per heavy atom. The molecule has 0 spiro atoms. The maximum absolute atomic E-state index is 11.0. The van der Waals surface area contributed by atoms with Gasteiger partial charge >= 0.3 is 0 Å². The Labute approximate surface area is 88.7 Å². The van der Waals surface area contributed by atoms with Gasteiger partial charge in [0.05, 0.1) is 17.8 Å². The molecule has 0 N–H and O–H groups in total. The number of fused-ring (bicyclic) bond motifs is 1. The Hall–Kier alpha value is -1.64. The summed E-state index contributed by atoms with van der Waals surface area (Å²) in [4.78, 5) is 11.0. The molecule has 0 saturated carbocycles. The molecule has 1 heterocycles. The lowest BCUT2D eigenvalue weighted by Gasteiger charge is -2.11. The van der Waals surface area contributed by atoms with E-state index in [9.17, 15) is 4.79 Å². The van der Waals surface area contributed by atoms with Crippen molar-refractivity contribution in [3.05, 3.63) is 30.5 Å². The third-order valence-electron chi connectivity index (χ3n) is 2.51. The molecule has 0 aliphatic heterocycles. The van der Waals surface area contributed by atoms with Gasteiger partial charge in [-0.05, 0) is 19.9 Å². The second-order valence-electron chi connectivity index (χ2n) is 3.90. The predicted octanol–water partition coefficient (Wildman–Crippen LogP) is 2.58. The number of para-hydroxylation sites is 1. The molecule has 3 heteroatoms. The Morgan fingerprint density at radius 2 is 2.20 bits per heavy atom. The van der Waals surface area contributed by atoms with Gasteiger partial charge < -0.3 is 0 Å². The first kappa shape index (κ1) is 9.90. The molecule has 1 aromatic heterocycles. The van der Waals surface area contributed by atoms with Crippen LogP contribution in [0.5, 0.6) is 0 Å². The number of carbonyl (C=O) groups excluding carboxylic acids is 1. The van der Waals surface area contributed by atoms with E-state index in [-0.39, 0.29) is 11.8 Å². The highest BCUT2D eigenvalue weighted by molar-refractivity contribution is 5.79. The van der Waals surface area contributed by atoms with Crippen LogP contribution in [-0.2, 0) is 4.79 Å². The van der Waals surface area contributed by atoms with E-state index in [1.165, 1.54) is 0 Å². The average molecular weight is 202 g/mol. The first-order chi connectivity index (χ1) is 7.18. The highest BCUT2D eigenvalue weighted by Crippen LogP contribution is 2.19. The molecule has 1 unspecified atom stereocenters. The van der Waals surface area contributed by atoms with Crippen LogP contribution in [0.2, 0.25) is 0 Å². The van der Waals surface area contributed by atoms with Crippen molar-refractivity contribution < 1.29 is 4.79 Å². The number of carbonyl (C=O) groups is 1. The van der Waals surface area contributed by atoms with Crippen LogP contribution in [-0.4, -0.2) is 15.6 Å². The smallest absolute Gasteiger partial charge is 0.131 e. The predicted molar refractivity (Wildman–Crippen MR) is 59.7 cm³/mol. The van der Waals surface area contributed by atoms with Crippen LogP contribution < -0.4 is 0 Å². The fourth-order valence-corrected chi connectivity index (χ4v) is 1.85. The fraction of sp³-hybridized carbons (Fsp3) is 0.333. The van der Waals surface area contributed by atoms with Gasteiger partial charge in [0.1, 0.15) is 5.78 Å². The molecule has 0 radical (unpaired) electrons. The van der Waals surface area contributed by atoms with E-state index in [0.717, 1.165) is 10.9 Å². The number of hydrogen-bond donors (Lipinski definition) is 0. The van der Waals surface area contributed by atoms with Crippen molar-refractivity contribution in [2.45, 2.75) is 26.3 Å². The molecule has 15 heavy (non-hydrogen) atoms. The summed E-state index contributed by atoms with van der Waals surface area (Å²) in [5.41, 5.74) is 1.09. The van der Waals surface area contributed by atoms with Gasteiger partial charge in [-0.3, -0.25) is 9.48 Å². The molecule has 0 saturated heterocycles. The van der Waals surface area contributed by atoms with Crippen LogP contribution in [0.3, 0.4) is 0 Å². The molecule has 2 rings (SSSR count). The number of aromatic nitrogens is 2. The monoisotopic (exact) mass is 202 g/mol. The molecular formula is C12H14N2O. The van der Waals surface area contributed by atoms with Crippen molar-refractivity contribution in [2.75, 3.05) is 0 Å². The molecule has 1 aromatic carbocycles. The number of nitrogens with zero attached hydrogens (tertiary/aromatic N) is 2. The van der Waals surface area contributed by atoms with Gasteiger partial charge in [-0.25, -0.2) is 0 Å². The van der Waals surface area contributed by atoms with Crippen LogP contribution in [0.1, 0.15) is 26.3 Å². The van der Waals surface area contributed by atoms with Crippen molar-refractivity contribution in [3.63, 3.8) is 0 Å². The minimum atomic E-state index is 0.127. The van der Waals surface area contributed by atoms with Gasteiger partial charge in [0.2, 0.25) is 0 Å². The third kappa shape index (κ3) is 1.91. The summed E-state index contributed by atoms with van der Waals surface area (Å²) in [5.74, 6) is 0.196. The maximum Gasteiger partial charge on any atom is 0.131 e. The van der Waals surface area contributed by atoms with E-state index in [2.05, 4.69) is 5.10 Å². The molecule has 78 valence electrons. The van der Waals surface area contributed by atoms with Crippen molar-refractivity contribution in [1.29, 1.82) is 0 Å². The van der Waals surface area contributed by atoms with Crippen molar-refractivity contribution >= 4 is 16.7 Å². The van der Waals surface area contributed by atoms with Gasteiger partial charge in [0.15, 0.2) is 0 Å². The molecule has 2 aromatic rings. The average Bonchev–Trinajstić information content (AvgIpc) is 2.59. The van der Waals surface area contributed by atoms with Crippen molar-refractivity contribution in [1.82, 2.24) is 9.78 Å². The normalized spacial score (nSPS) is 12.9. The van der Waals surface area contributed by atoms with Crippen molar-refractivity contribution in [3.8, 4) is 0 Å². The van der Waals surface area contributed by atoms with Crippen LogP contribution in [0.25, 0.3) is 10.9 Å². The molecule has 3 nitrogen and oxygen atoms in total. The zero-order valence-electron chi connectivity index (χ0n) is 8.97. The molecule has 0 bridgehead atoms. The van der Waals surface area contributed by atoms with E-state index < -0.39 is 0 Å². The van der Waals surface area contributed by atoms with Crippen LogP contribution in [0, 0.1) is 0 Å². The summed E-state index contributed by atoms with van der Waals surface area (Å²) in [6.07, 6.45) is 2.37. The third-order valence-corrected chi connectivity index (χ3v) is 2.51. The lowest BCUT2D eigenvalue weighted by Crippen LogP contribution is -2.10. The first-order valence-electron chi connectivity index (χ1n) is 5.10. The summed E-state index contributed by atoms with van der Waals surface area (Å²) in [6.45, 7) is 3.63. The summed E-state index contributed by atoms with van der Waals surface area (Å²) >= 11 is 0. The molecule has 0 aliphatic carbocycles. The highest BCUT2D eigenvalue weighted by Gasteiger charge is 2.10. The summed E-state index contributed by atoms with van der Waals surface area (Å²) in [7, 11) is 0. The lowest BCUT2D eigenvalue weighted by molar-refractivity contribution is -0.117. The molecule has 0 fully saturated rings. The SMILES string of the molecule is CC(=O)CC(C)n1ncc2ccccc21. The van der Waals surface area contributed by atoms with E-state index in [1.54, 1.807) is 6.92 Å². The minimum Gasteiger partial charge on any atom is -0.300 e. The minimum absolute atomic E-state index is 0.127. The number of Topliss-reactive ketones (excluding diaryl/α,β-unsaturated/α-hetero) is 1. The van der Waals surface area contributed by atoms with Gasteiger partial charge in [0.25, 0.3) is 0 Å². The second kappa shape index (κ2) is 3.85. The Morgan fingerprint density at radius 1 is 1.47 bits per heavy atom. The highest BCUT2D eigenvalue weighted by atomic mass is 16.1. The van der Waals surface area contributed by atoms with Crippen LogP contribution in [0.15, 0.2) is 30.5 Å². The van der Waals surface area contributed by atoms with Gasteiger partial charge in [-0.2, -0.15) is 5.10 Å². The Bertz CT molecular complexity index is 487. The lowest BCUT2D eigenvalue weighted by atomic mass is 10.2. The standard InChI is InChI=1S/C12H14N2O/c1-9(7-10(2)15)14-12-6-4-3-5-11(12)8-13-14/h3-6,8-9H,7H2,1-2H3. The van der Waals surface area contributed by atoms with E-state index in [1.807, 2.05) is 42.1 Å². The number of ketones is 1. The zero-order chi connectivity index (χ0) is 10.8. The summed E-state index contributed by atoms with van der Waals surface area (Å²) in [6, 6.07) is 8.16. The quantitative estimate of drug-likeness (QED) is 0.766. The first-order valence-corrected chi connectivity index (χ1v) is 5.10. The number of benzene rings is 1. The Balaban J connectivity index is 2.39. The number of rotatable bonds is 3. The van der Waals surface area contributed by atoms with E-state index in [4.69, 9.17) is 0 Å². The van der Waals surface area contributed by atoms with Crippen LogP contribution >= 0.6 is 0 Å². The Kier molecular flexibility index (Phi) is 2.54. The molecule has 1 atom stereocenters. The van der Waals surface area contributed by atoms with Crippen LogP contribution in [0.4, 0.5) is 0 Å². The van der Waals surface area contributed by atoms with Crippen molar-refractivity contribution in [2.24, 2.45) is 0 Å². The summed E-state index contributed by atoms with van der Waals surface area (Å²) < 4.78 is 1.91. The van der Waals surface area contributed by atoms with E-state index >= 15 is 0 Å². The maximum atomic E-state index is 11.0. The van der Waals surface area contributed by atoms with E-state index in [0.29, 0.717) is 6.42 Å². The van der Waals surface area contributed by atoms with Gasteiger partial charge in [-0.1, -0.05) is 18.2 Å². The van der Waals surface area contributed by atoms with Gasteiger partial charge in [0, 0.05) is 11.8 Å². The second-order valence-corrected chi connectivity index (χ2v) is 3.90. The largest absolute Gasteiger partial charge is 0.300 e. The fourth-order valence-electron chi connectivity index (χ4n) is 1.85. The zero-order valence-corrected chi connectivity index (χ0v) is 8.97. The molecule has 0 amide bonds. The topological polar surface area (TPSA) is 34.9 Å². The summed E-state index contributed by atoms with van der Waals surface area (Å²) in [5, 5.41) is 5.43. The van der Waals surface area contributed by atoms with Gasteiger partial charge in [-0.15, -0.1) is 0 Å². The number of hydrogen-bond acceptors (Lipinski definition) is 2.